The van der Waals surface area contributed by atoms with Gasteiger partial charge < -0.3 is 20.9 Å². The molecule has 1 fully saturated rings. The van der Waals surface area contributed by atoms with E-state index in [2.05, 4.69) is 25.9 Å². The van der Waals surface area contributed by atoms with E-state index >= 15 is 0 Å². The molecule has 1 aromatic carbocycles. The van der Waals surface area contributed by atoms with Gasteiger partial charge in [-0.3, -0.25) is 4.79 Å². The Kier molecular flexibility index (Phi) is 6.56. The van der Waals surface area contributed by atoms with E-state index in [9.17, 15) is 9.59 Å². The van der Waals surface area contributed by atoms with Crippen molar-refractivity contribution >= 4 is 23.6 Å². The van der Waals surface area contributed by atoms with Gasteiger partial charge in [0.15, 0.2) is 0 Å². The van der Waals surface area contributed by atoms with Crippen LogP contribution in [-0.4, -0.2) is 53.0 Å². The average molecular weight is 368 g/mol. The number of carbonyl (C=O) groups is 2. The van der Waals surface area contributed by atoms with E-state index in [-0.39, 0.29) is 17.9 Å². The highest BCUT2D eigenvalue weighted by atomic mass is 16.2. The van der Waals surface area contributed by atoms with Crippen molar-refractivity contribution in [2.45, 2.75) is 12.8 Å². The van der Waals surface area contributed by atoms with Crippen LogP contribution in [0.4, 0.5) is 16.4 Å². The molecule has 1 unspecified atom stereocenters. The summed E-state index contributed by atoms with van der Waals surface area (Å²) in [4.78, 5) is 34.7. The number of rotatable bonds is 6. The molecule has 3 rings (SSSR count). The molecule has 0 bridgehead atoms. The fourth-order valence-corrected chi connectivity index (χ4v) is 2.99. The lowest BCUT2D eigenvalue weighted by atomic mass is 9.97. The SMILES string of the molecule is O=C(NCCNc1ncccn1)C1CCCN(C(=O)Nc2ccccc2)C1. The lowest BCUT2D eigenvalue weighted by molar-refractivity contribution is -0.126. The standard InChI is InChI=1S/C19H24N6O2/c26-17(20-11-12-23-18-21-9-5-10-22-18)15-6-4-13-25(14-15)19(27)24-16-7-2-1-3-8-16/h1-3,5,7-10,15H,4,6,11-14H2,(H,20,26)(H,24,27)(H,21,22,23). The highest BCUT2D eigenvalue weighted by molar-refractivity contribution is 5.90. The van der Waals surface area contributed by atoms with Gasteiger partial charge in [0.05, 0.1) is 5.92 Å². The Balaban J connectivity index is 1.41. The van der Waals surface area contributed by atoms with E-state index in [1.807, 2.05) is 30.3 Å². The summed E-state index contributed by atoms with van der Waals surface area (Å²) in [5, 5.41) is 8.84. The highest BCUT2D eigenvalue weighted by Crippen LogP contribution is 2.18. The van der Waals surface area contributed by atoms with Crippen LogP contribution in [0.25, 0.3) is 0 Å². The number of likely N-dealkylation sites (tertiary alicyclic amines) is 1. The quantitative estimate of drug-likeness (QED) is 0.677. The van der Waals surface area contributed by atoms with Gasteiger partial charge in [0.25, 0.3) is 0 Å². The summed E-state index contributed by atoms with van der Waals surface area (Å²) in [6, 6.07) is 10.9. The fourth-order valence-electron chi connectivity index (χ4n) is 2.99. The van der Waals surface area contributed by atoms with Crippen LogP contribution >= 0.6 is 0 Å². The van der Waals surface area contributed by atoms with E-state index in [1.54, 1.807) is 23.4 Å². The topological polar surface area (TPSA) is 99.2 Å². The van der Waals surface area contributed by atoms with Gasteiger partial charge in [-0.25, -0.2) is 14.8 Å². The number of amides is 3. The Bertz CT molecular complexity index is 740. The van der Waals surface area contributed by atoms with E-state index in [0.29, 0.717) is 32.1 Å². The van der Waals surface area contributed by atoms with E-state index in [0.717, 1.165) is 18.5 Å². The number of aromatic nitrogens is 2. The molecule has 1 aliphatic heterocycles. The first-order valence-corrected chi connectivity index (χ1v) is 9.12. The van der Waals surface area contributed by atoms with Crippen molar-refractivity contribution < 1.29 is 9.59 Å². The minimum Gasteiger partial charge on any atom is -0.354 e. The molecule has 27 heavy (non-hydrogen) atoms. The van der Waals surface area contributed by atoms with E-state index in [1.165, 1.54) is 0 Å². The van der Waals surface area contributed by atoms with Gasteiger partial charge in [-0.2, -0.15) is 0 Å². The number of piperidine rings is 1. The highest BCUT2D eigenvalue weighted by Gasteiger charge is 2.28. The first kappa shape index (κ1) is 18.6. The Morgan fingerprint density at radius 1 is 1.07 bits per heavy atom. The maximum atomic E-state index is 12.4. The molecule has 0 aliphatic carbocycles. The smallest absolute Gasteiger partial charge is 0.321 e. The second-order valence-corrected chi connectivity index (χ2v) is 6.37. The van der Waals surface area contributed by atoms with Gasteiger partial charge in [0.1, 0.15) is 0 Å². The van der Waals surface area contributed by atoms with Crippen LogP contribution in [0.5, 0.6) is 0 Å². The lowest BCUT2D eigenvalue weighted by Crippen LogP contribution is -2.47. The molecule has 2 aromatic rings. The predicted molar refractivity (Wildman–Crippen MR) is 103 cm³/mol. The number of para-hydroxylation sites is 1. The summed E-state index contributed by atoms with van der Waals surface area (Å²) in [6.07, 6.45) is 4.92. The second kappa shape index (κ2) is 9.51. The Morgan fingerprint density at radius 2 is 1.85 bits per heavy atom. The largest absolute Gasteiger partial charge is 0.354 e. The predicted octanol–water partition coefficient (Wildman–Crippen LogP) is 1.95. The number of anilines is 2. The van der Waals surface area contributed by atoms with Crippen LogP contribution < -0.4 is 16.0 Å². The third-order valence-corrected chi connectivity index (χ3v) is 4.38. The van der Waals surface area contributed by atoms with Gasteiger partial charge >= 0.3 is 6.03 Å². The number of carbonyl (C=O) groups excluding carboxylic acids is 2. The monoisotopic (exact) mass is 368 g/mol. The number of benzene rings is 1. The third kappa shape index (κ3) is 5.67. The molecule has 8 heteroatoms. The van der Waals surface area contributed by atoms with Crippen molar-refractivity contribution in [3.05, 3.63) is 48.8 Å². The summed E-state index contributed by atoms with van der Waals surface area (Å²) in [5.41, 5.74) is 0.753. The summed E-state index contributed by atoms with van der Waals surface area (Å²) >= 11 is 0. The molecule has 8 nitrogen and oxygen atoms in total. The fraction of sp³-hybridized carbons (Fsp3) is 0.368. The van der Waals surface area contributed by atoms with Crippen LogP contribution in [0, 0.1) is 5.92 Å². The van der Waals surface area contributed by atoms with Crippen LogP contribution in [0.3, 0.4) is 0 Å². The molecule has 1 aliphatic rings. The minimum atomic E-state index is -0.187. The minimum absolute atomic E-state index is 0.0250. The van der Waals surface area contributed by atoms with Crippen molar-refractivity contribution in [2.75, 3.05) is 36.8 Å². The number of nitrogens with one attached hydrogen (secondary N) is 3. The van der Waals surface area contributed by atoms with E-state index in [4.69, 9.17) is 0 Å². The molecule has 0 radical (unpaired) electrons. The van der Waals surface area contributed by atoms with Gasteiger partial charge in [-0.15, -0.1) is 0 Å². The first-order valence-electron chi connectivity index (χ1n) is 9.12. The van der Waals surface area contributed by atoms with Crippen molar-refractivity contribution in [3.8, 4) is 0 Å². The molecule has 1 saturated heterocycles. The Hall–Kier alpha value is -3.16. The van der Waals surface area contributed by atoms with Crippen LogP contribution in [0.2, 0.25) is 0 Å². The number of nitrogens with zero attached hydrogens (tertiary/aromatic N) is 3. The second-order valence-electron chi connectivity index (χ2n) is 6.37. The van der Waals surface area contributed by atoms with Crippen molar-refractivity contribution in [2.24, 2.45) is 5.92 Å². The molecule has 1 atom stereocenters. The zero-order chi connectivity index (χ0) is 18.9. The Morgan fingerprint density at radius 3 is 2.63 bits per heavy atom. The molecule has 3 amide bonds. The third-order valence-electron chi connectivity index (χ3n) is 4.38. The summed E-state index contributed by atoms with van der Waals surface area (Å²) in [5.74, 6) is 0.324. The van der Waals surface area contributed by atoms with Gasteiger partial charge in [-0.05, 0) is 31.0 Å². The zero-order valence-electron chi connectivity index (χ0n) is 15.1. The maximum absolute atomic E-state index is 12.4. The van der Waals surface area contributed by atoms with Crippen LogP contribution in [-0.2, 0) is 4.79 Å². The van der Waals surface area contributed by atoms with Gasteiger partial charge in [0.2, 0.25) is 11.9 Å². The summed E-state index contributed by atoms with van der Waals surface area (Å²) < 4.78 is 0. The molecular weight excluding hydrogens is 344 g/mol. The normalized spacial score (nSPS) is 16.4. The average Bonchev–Trinajstić information content (AvgIpc) is 2.72. The molecule has 2 heterocycles. The lowest BCUT2D eigenvalue weighted by Gasteiger charge is -2.32. The summed E-state index contributed by atoms with van der Waals surface area (Å²) in [6.45, 7) is 2.11. The molecule has 142 valence electrons. The molecule has 0 saturated carbocycles. The molecule has 1 aromatic heterocycles. The number of hydrogen-bond donors (Lipinski definition) is 3. The van der Waals surface area contributed by atoms with Crippen molar-refractivity contribution in [1.82, 2.24) is 20.2 Å². The zero-order valence-corrected chi connectivity index (χ0v) is 15.1. The molecular formula is C19H24N6O2. The van der Waals surface area contributed by atoms with Crippen molar-refractivity contribution in [3.63, 3.8) is 0 Å². The summed E-state index contributed by atoms with van der Waals surface area (Å²) in [7, 11) is 0. The van der Waals surface area contributed by atoms with Gasteiger partial charge in [-0.1, -0.05) is 18.2 Å². The molecule has 0 spiro atoms. The maximum Gasteiger partial charge on any atom is 0.321 e. The van der Waals surface area contributed by atoms with Gasteiger partial charge in [0, 0.05) is 44.3 Å². The molecule has 3 N–H and O–H groups in total. The Labute approximate surface area is 158 Å². The number of urea groups is 1. The first-order chi connectivity index (χ1) is 13.2. The van der Waals surface area contributed by atoms with Crippen LogP contribution in [0.15, 0.2) is 48.8 Å². The van der Waals surface area contributed by atoms with Crippen LogP contribution in [0.1, 0.15) is 12.8 Å². The van der Waals surface area contributed by atoms with Crippen molar-refractivity contribution in [1.29, 1.82) is 0 Å². The number of hydrogen-bond acceptors (Lipinski definition) is 5. The van der Waals surface area contributed by atoms with E-state index < -0.39 is 0 Å².